The van der Waals surface area contributed by atoms with Crippen molar-refractivity contribution >= 4 is 40.5 Å². The molecule has 4 aromatic rings. The van der Waals surface area contributed by atoms with Gasteiger partial charge in [-0.15, -0.1) is 0 Å². The molecule has 0 saturated carbocycles. The highest BCUT2D eigenvalue weighted by molar-refractivity contribution is 6.24. The highest BCUT2D eigenvalue weighted by atomic mass is 19.1. The van der Waals surface area contributed by atoms with Gasteiger partial charge in [-0.3, -0.25) is 39.2 Å². The number of rotatable bonds is 12. The van der Waals surface area contributed by atoms with Crippen LogP contribution in [-0.2, 0) is 9.59 Å². The number of ether oxygens (including phenoxy) is 1. The Kier molecular flexibility index (Phi) is 9.44. The van der Waals surface area contributed by atoms with Crippen LogP contribution in [0.5, 0.6) is 11.5 Å². The third kappa shape index (κ3) is 8.41. The van der Waals surface area contributed by atoms with Gasteiger partial charge in [0.2, 0.25) is 11.8 Å². The van der Waals surface area contributed by atoms with Crippen molar-refractivity contribution in [2.75, 3.05) is 63.7 Å². The Labute approximate surface area is 359 Å². The maximum Gasteiger partial charge on any atom is 0.265 e. The Morgan fingerprint density at radius 1 is 0.817 bits per heavy atom. The molecular weight excluding hydrogens is 769 g/mol. The number of aromatic hydroxyl groups is 1. The number of amides is 4. The number of piperidine rings is 2. The minimum atomic E-state index is -3.63. The van der Waals surface area contributed by atoms with Gasteiger partial charge in [0.15, 0.2) is 5.82 Å². The van der Waals surface area contributed by atoms with Crippen LogP contribution in [0.2, 0.25) is 0 Å². The molecule has 60 heavy (non-hydrogen) atoms. The van der Waals surface area contributed by atoms with E-state index in [1.54, 1.807) is 12.1 Å². The zero-order valence-corrected chi connectivity index (χ0v) is 32.8. The Bertz CT molecular complexity index is 2640. The maximum atomic E-state index is 16.6. The Morgan fingerprint density at radius 2 is 1.47 bits per heavy atom. The van der Waals surface area contributed by atoms with Crippen molar-refractivity contribution < 1.29 is 48.8 Å². The third-order valence-corrected chi connectivity index (χ3v) is 11.3. The standard InChI is InChI=1S/C47H49F2N5O6/c1-2-36(31-6-4-3-5-7-31)41(32-8-12-34(55)13-9-32)33-10-14-35(15-11-33)60-27-26-51-20-18-30(19-21-51)29-52-22-24-53(25-23-52)39-28-37(48)42-43(44(39)49)47(59)54(46(42)58)38-16-17-40(56)50-45(38)57/h3-15,28,30,38,55H,2,16-27,29H2,1H3,(H,50,56,57)/i22D2,23D2,24D2,25D2. The lowest BCUT2D eigenvalue weighted by Gasteiger charge is -2.39. The smallest absolute Gasteiger partial charge is 0.265 e. The van der Waals surface area contributed by atoms with Gasteiger partial charge < -0.3 is 14.7 Å². The first-order valence-electron chi connectivity index (χ1n) is 24.0. The Hall–Kier alpha value is -5.92. The fraction of sp³-hybridized carbons (Fsp3) is 0.362. The molecule has 0 radical (unpaired) electrons. The molecule has 3 fully saturated rings. The molecule has 0 spiro atoms. The molecule has 4 aromatic carbocycles. The van der Waals surface area contributed by atoms with E-state index in [4.69, 9.17) is 15.7 Å². The number of hydrogen-bond acceptors (Lipinski definition) is 9. The van der Waals surface area contributed by atoms with E-state index in [0.717, 1.165) is 34.3 Å². The predicted molar refractivity (Wildman–Crippen MR) is 224 cm³/mol. The van der Waals surface area contributed by atoms with Gasteiger partial charge in [0.05, 0.1) is 22.3 Å². The van der Waals surface area contributed by atoms with Crippen LogP contribution in [0.1, 0.15) is 87.4 Å². The molecule has 0 aromatic heterocycles. The first-order chi connectivity index (χ1) is 32.1. The molecule has 13 heteroatoms. The number of fused-ring (bicyclic) bond motifs is 1. The molecule has 4 aliphatic rings. The van der Waals surface area contributed by atoms with Crippen molar-refractivity contribution in [3.8, 4) is 11.5 Å². The number of hydrogen-bond donors (Lipinski definition) is 2. The van der Waals surface area contributed by atoms with E-state index in [1.165, 1.54) is 0 Å². The SMILES string of the molecule is [2H]C1([2H])N(CC2CCN(CCOc3ccc(C(=C(CC)c4ccccc4)c4ccc(O)cc4)cc3)CC2)C([2H])([2H])C([2H])([2H])N(c2cc(F)c3c(c2F)C(=O)N(C2CCC(=O)NC2=O)C3=O)C1([2H])[2H]. The van der Waals surface area contributed by atoms with Gasteiger partial charge in [-0.25, -0.2) is 8.78 Å². The molecule has 4 amide bonds. The summed E-state index contributed by atoms with van der Waals surface area (Å²) in [7, 11) is 0. The Balaban J connectivity index is 0.928. The number of nitrogens with one attached hydrogen (secondary N) is 1. The second kappa shape index (κ2) is 17.7. The molecular formula is C47H49F2N5O6. The van der Waals surface area contributed by atoms with Crippen LogP contribution in [0.4, 0.5) is 14.5 Å². The van der Waals surface area contributed by atoms with Crippen LogP contribution in [0.3, 0.4) is 0 Å². The molecule has 0 bridgehead atoms. The molecule has 3 saturated heterocycles. The fourth-order valence-electron chi connectivity index (χ4n) is 8.19. The summed E-state index contributed by atoms with van der Waals surface area (Å²) in [4.78, 5) is 53.7. The zero-order chi connectivity index (χ0) is 49.1. The molecule has 4 heterocycles. The van der Waals surface area contributed by atoms with Gasteiger partial charge in [-0.2, -0.15) is 0 Å². The zero-order valence-electron chi connectivity index (χ0n) is 40.8. The number of phenols is 1. The van der Waals surface area contributed by atoms with Crippen LogP contribution in [-0.4, -0.2) is 108 Å². The van der Waals surface area contributed by atoms with Gasteiger partial charge in [-0.05, 0) is 96.8 Å². The largest absolute Gasteiger partial charge is 0.508 e. The molecule has 1 unspecified atom stereocenters. The molecule has 312 valence electrons. The normalized spacial score (nSPS) is 25.0. The molecule has 0 aliphatic carbocycles. The first-order valence-corrected chi connectivity index (χ1v) is 20.0. The second-order valence-electron chi connectivity index (χ2n) is 15.1. The number of carbonyl (C=O) groups excluding carboxylic acids is 4. The topological polar surface area (TPSA) is 123 Å². The van der Waals surface area contributed by atoms with Gasteiger partial charge in [-0.1, -0.05) is 61.5 Å². The monoisotopic (exact) mass is 825 g/mol. The number of phenolic OH excluding ortho intramolecular Hbond substituents is 1. The van der Waals surface area contributed by atoms with Gasteiger partial charge in [0.1, 0.15) is 30.0 Å². The molecule has 11 nitrogen and oxygen atoms in total. The highest BCUT2D eigenvalue weighted by Gasteiger charge is 2.48. The Morgan fingerprint density at radius 3 is 2.12 bits per heavy atom. The number of halogens is 2. The quantitative estimate of drug-likeness (QED) is 0.124. The molecule has 4 aliphatic heterocycles. The molecule has 8 rings (SSSR count). The van der Waals surface area contributed by atoms with Crippen molar-refractivity contribution in [3.05, 3.63) is 124 Å². The van der Waals surface area contributed by atoms with Crippen molar-refractivity contribution in [2.45, 2.75) is 45.1 Å². The number of imide groups is 2. The van der Waals surface area contributed by atoms with E-state index in [0.29, 0.717) is 49.7 Å². The summed E-state index contributed by atoms with van der Waals surface area (Å²) in [5.74, 6) is -7.76. The number of allylic oxidation sites excluding steroid dienone is 1. The predicted octanol–water partition coefficient (Wildman–Crippen LogP) is 6.35. The van der Waals surface area contributed by atoms with E-state index in [9.17, 15) is 24.3 Å². The van der Waals surface area contributed by atoms with Crippen LogP contribution in [0, 0.1) is 17.6 Å². The van der Waals surface area contributed by atoms with E-state index in [-0.39, 0.29) is 34.5 Å². The highest BCUT2D eigenvalue weighted by Crippen LogP contribution is 2.38. The molecule has 2 N–H and O–H groups in total. The lowest BCUT2D eigenvalue weighted by molar-refractivity contribution is -0.136. The average Bonchev–Trinajstić information content (AvgIpc) is 3.56. The summed E-state index contributed by atoms with van der Waals surface area (Å²) < 4.78 is 110. The minimum Gasteiger partial charge on any atom is -0.508 e. The van der Waals surface area contributed by atoms with Gasteiger partial charge >= 0.3 is 0 Å². The lowest BCUT2D eigenvalue weighted by atomic mass is 9.88. The van der Waals surface area contributed by atoms with Crippen LogP contribution in [0.25, 0.3) is 11.1 Å². The van der Waals surface area contributed by atoms with Crippen molar-refractivity contribution in [2.24, 2.45) is 5.92 Å². The second-order valence-corrected chi connectivity index (χ2v) is 15.1. The first kappa shape index (κ1) is 31.9. The summed E-state index contributed by atoms with van der Waals surface area (Å²) >= 11 is 0. The van der Waals surface area contributed by atoms with E-state index >= 15 is 8.78 Å². The van der Waals surface area contributed by atoms with Crippen LogP contribution in [0.15, 0.2) is 84.9 Å². The summed E-state index contributed by atoms with van der Waals surface area (Å²) in [5, 5.41) is 11.9. The fourth-order valence-corrected chi connectivity index (χ4v) is 8.19. The van der Waals surface area contributed by atoms with E-state index in [2.05, 4.69) is 24.0 Å². The van der Waals surface area contributed by atoms with Crippen molar-refractivity contribution in [1.82, 2.24) is 20.0 Å². The van der Waals surface area contributed by atoms with Crippen molar-refractivity contribution in [1.29, 1.82) is 0 Å². The maximum absolute atomic E-state index is 16.6. The molecule has 1 atom stereocenters. The summed E-state index contributed by atoms with van der Waals surface area (Å²) in [6, 6.07) is 23.6. The summed E-state index contributed by atoms with van der Waals surface area (Å²) in [5.41, 5.74) is 1.44. The number of anilines is 1. The number of likely N-dealkylation sites (tertiary alicyclic amines) is 1. The lowest BCUT2D eigenvalue weighted by Crippen LogP contribution is -2.54. The summed E-state index contributed by atoms with van der Waals surface area (Å²) in [6.07, 6.45) is 0.945. The number of carbonyl (C=O) groups is 4. The van der Waals surface area contributed by atoms with Gasteiger partial charge in [0, 0.05) is 57.0 Å². The van der Waals surface area contributed by atoms with Crippen LogP contribution < -0.4 is 15.0 Å². The average molecular weight is 826 g/mol. The number of piperazine rings is 1. The minimum absolute atomic E-state index is 0.172. The van der Waals surface area contributed by atoms with Gasteiger partial charge in [0.25, 0.3) is 11.8 Å². The van der Waals surface area contributed by atoms with Crippen LogP contribution >= 0.6 is 0 Å². The van der Waals surface area contributed by atoms with E-state index < -0.39 is 96.6 Å². The summed E-state index contributed by atoms with van der Waals surface area (Å²) in [6.45, 7) is -10.6. The number of nitrogens with zero attached hydrogens (tertiary/aromatic N) is 4. The van der Waals surface area contributed by atoms with E-state index in [1.807, 2.05) is 59.9 Å². The third-order valence-electron chi connectivity index (χ3n) is 11.3. The van der Waals surface area contributed by atoms with Crippen molar-refractivity contribution in [3.63, 3.8) is 0 Å². The number of benzene rings is 4.